The summed E-state index contributed by atoms with van der Waals surface area (Å²) in [5.74, 6) is 0. The van der Waals surface area contributed by atoms with Crippen LogP contribution in [0.3, 0.4) is 0 Å². The Labute approximate surface area is 120 Å². The van der Waals surface area contributed by atoms with Gasteiger partial charge in [-0.15, -0.1) is 0 Å². The van der Waals surface area contributed by atoms with Crippen molar-refractivity contribution < 1.29 is 0 Å². The standard InChI is InChI=1S/C18H20N2/c1-13-17(16-6-4-5-7-18(16)19-13)12-14-8-10-15(11-9-14)20(2)3/h4-11,19H,12H2,1-3H3. The van der Waals surface area contributed by atoms with Gasteiger partial charge in [-0.2, -0.15) is 0 Å². The lowest BCUT2D eigenvalue weighted by atomic mass is 10.0. The smallest absolute Gasteiger partial charge is 0.0458 e. The van der Waals surface area contributed by atoms with Crippen molar-refractivity contribution in [2.24, 2.45) is 0 Å². The van der Waals surface area contributed by atoms with E-state index >= 15 is 0 Å². The molecule has 0 saturated carbocycles. The van der Waals surface area contributed by atoms with Gasteiger partial charge in [0.25, 0.3) is 0 Å². The van der Waals surface area contributed by atoms with E-state index in [0.717, 1.165) is 6.42 Å². The lowest BCUT2D eigenvalue weighted by Gasteiger charge is -2.12. The van der Waals surface area contributed by atoms with E-state index in [0.29, 0.717) is 0 Å². The molecule has 102 valence electrons. The molecule has 2 aromatic carbocycles. The number of fused-ring (bicyclic) bond motifs is 1. The van der Waals surface area contributed by atoms with Crippen LogP contribution in [-0.2, 0) is 6.42 Å². The van der Waals surface area contributed by atoms with Gasteiger partial charge in [0.2, 0.25) is 0 Å². The van der Waals surface area contributed by atoms with Crippen molar-refractivity contribution in [3.63, 3.8) is 0 Å². The largest absolute Gasteiger partial charge is 0.378 e. The summed E-state index contributed by atoms with van der Waals surface area (Å²) in [6.45, 7) is 2.16. The van der Waals surface area contributed by atoms with Crippen LogP contribution in [0.2, 0.25) is 0 Å². The van der Waals surface area contributed by atoms with Gasteiger partial charge in [0.05, 0.1) is 0 Å². The Morgan fingerprint density at radius 2 is 1.65 bits per heavy atom. The van der Waals surface area contributed by atoms with Crippen LogP contribution < -0.4 is 4.90 Å². The second-order valence-corrected chi connectivity index (χ2v) is 5.51. The molecule has 2 nitrogen and oxygen atoms in total. The lowest BCUT2D eigenvalue weighted by molar-refractivity contribution is 1.11. The maximum Gasteiger partial charge on any atom is 0.0458 e. The highest BCUT2D eigenvalue weighted by atomic mass is 15.1. The summed E-state index contributed by atoms with van der Waals surface area (Å²) in [6.07, 6.45) is 0.976. The fraction of sp³-hybridized carbons (Fsp3) is 0.222. The van der Waals surface area contributed by atoms with E-state index in [1.807, 2.05) is 0 Å². The molecule has 0 amide bonds. The van der Waals surface area contributed by atoms with Crippen LogP contribution in [0.15, 0.2) is 48.5 Å². The fourth-order valence-electron chi connectivity index (χ4n) is 2.68. The number of aromatic nitrogens is 1. The first kappa shape index (κ1) is 12.8. The molecule has 0 unspecified atom stereocenters. The van der Waals surface area contributed by atoms with E-state index in [-0.39, 0.29) is 0 Å². The van der Waals surface area contributed by atoms with Crippen LogP contribution >= 0.6 is 0 Å². The normalized spacial score (nSPS) is 10.9. The van der Waals surface area contributed by atoms with Crippen molar-refractivity contribution in [1.82, 2.24) is 4.98 Å². The van der Waals surface area contributed by atoms with E-state index < -0.39 is 0 Å². The van der Waals surface area contributed by atoms with Crippen LogP contribution in [-0.4, -0.2) is 19.1 Å². The summed E-state index contributed by atoms with van der Waals surface area (Å²) >= 11 is 0. The van der Waals surface area contributed by atoms with E-state index in [2.05, 4.69) is 79.4 Å². The van der Waals surface area contributed by atoms with E-state index in [1.165, 1.54) is 33.4 Å². The average molecular weight is 264 g/mol. The number of nitrogens with one attached hydrogen (secondary N) is 1. The molecular formula is C18H20N2. The minimum absolute atomic E-state index is 0.976. The third-order valence-corrected chi connectivity index (χ3v) is 3.86. The van der Waals surface area contributed by atoms with Gasteiger partial charge in [0, 0.05) is 36.4 Å². The Morgan fingerprint density at radius 1 is 0.950 bits per heavy atom. The van der Waals surface area contributed by atoms with Gasteiger partial charge in [0.15, 0.2) is 0 Å². The molecule has 0 radical (unpaired) electrons. The van der Waals surface area contributed by atoms with Crippen molar-refractivity contribution in [2.45, 2.75) is 13.3 Å². The molecule has 0 atom stereocenters. The summed E-state index contributed by atoms with van der Waals surface area (Å²) in [6, 6.07) is 17.3. The van der Waals surface area contributed by atoms with Crippen molar-refractivity contribution in [3.05, 3.63) is 65.4 Å². The minimum Gasteiger partial charge on any atom is -0.378 e. The first-order chi connectivity index (χ1) is 9.65. The summed E-state index contributed by atoms with van der Waals surface area (Å²) in [4.78, 5) is 5.59. The SMILES string of the molecule is Cc1[nH]c2ccccc2c1Cc1ccc(N(C)C)cc1. The highest BCUT2D eigenvalue weighted by Gasteiger charge is 2.08. The van der Waals surface area contributed by atoms with Crippen molar-refractivity contribution in [1.29, 1.82) is 0 Å². The van der Waals surface area contributed by atoms with Crippen LogP contribution in [0.25, 0.3) is 10.9 Å². The summed E-state index contributed by atoms with van der Waals surface area (Å²) in [5, 5.41) is 1.33. The van der Waals surface area contributed by atoms with Gasteiger partial charge in [-0.3, -0.25) is 0 Å². The number of aromatic amines is 1. The molecule has 0 fully saturated rings. The molecule has 0 spiro atoms. The zero-order chi connectivity index (χ0) is 14.1. The predicted molar refractivity (Wildman–Crippen MR) is 86.6 cm³/mol. The number of anilines is 1. The van der Waals surface area contributed by atoms with Crippen LogP contribution in [0.5, 0.6) is 0 Å². The number of H-pyrrole nitrogens is 1. The number of hydrogen-bond acceptors (Lipinski definition) is 1. The molecule has 1 heterocycles. The van der Waals surface area contributed by atoms with Gasteiger partial charge >= 0.3 is 0 Å². The van der Waals surface area contributed by atoms with Crippen LogP contribution in [0.1, 0.15) is 16.8 Å². The minimum atomic E-state index is 0.976. The van der Waals surface area contributed by atoms with Crippen molar-refractivity contribution >= 4 is 16.6 Å². The molecule has 3 rings (SSSR count). The summed E-state index contributed by atoms with van der Waals surface area (Å²) < 4.78 is 0. The number of para-hydroxylation sites is 1. The average Bonchev–Trinajstić information content (AvgIpc) is 2.76. The molecule has 1 N–H and O–H groups in total. The molecule has 3 aromatic rings. The highest BCUT2D eigenvalue weighted by Crippen LogP contribution is 2.25. The first-order valence-corrected chi connectivity index (χ1v) is 6.97. The molecule has 1 aromatic heterocycles. The Hall–Kier alpha value is -2.22. The number of nitrogens with zero attached hydrogens (tertiary/aromatic N) is 1. The second kappa shape index (κ2) is 5.04. The molecule has 2 heteroatoms. The Bertz CT molecular complexity index is 721. The van der Waals surface area contributed by atoms with Crippen molar-refractivity contribution in [2.75, 3.05) is 19.0 Å². The zero-order valence-corrected chi connectivity index (χ0v) is 12.3. The third-order valence-electron chi connectivity index (χ3n) is 3.86. The topological polar surface area (TPSA) is 19.0 Å². The van der Waals surface area contributed by atoms with Gasteiger partial charge in [-0.25, -0.2) is 0 Å². The van der Waals surface area contributed by atoms with Gasteiger partial charge in [-0.05, 0) is 42.7 Å². The second-order valence-electron chi connectivity index (χ2n) is 5.51. The molecule has 0 aliphatic rings. The first-order valence-electron chi connectivity index (χ1n) is 6.97. The highest BCUT2D eigenvalue weighted by molar-refractivity contribution is 5.84. The van der Waals surface area contributed by atoms with Crippen LogP contribution in [0, 0.1) is 6.92 Å². The zero-order valence-electron chi connectivity index (χ0n) is 12.3. The third kappa shape index (κ3) is 2.29. The Balaban J connectivity index is 1.94. The Kier molecular flexibility index (Phi) is 3.23. The summed E-state index contributed by atoms with van der Waals surface area (Å²) in [7, 11) is 4.14. The molecule has 0 saturated heterocycles. The number of rotatable bonds is 3. The van der Waals surface area contributed by atoms with Gasteiger partial charge in [0.1, 0.15) is 0 Å². The summed E-state index contributed by atoms with van der Waals surface area (Å²) in [5.41, 5.74) is 6.49. The quantitative estimate of drug-likeness (QED) is 0.753. The molecule has 0 aliphatic heterocycles. The monoisotopic (exact) mass is 264 g/mol. The van der Waals surface area contributed by atoms with E-state index in [1.54, 1.807) is 0 Å². The maximum absolute atomic E-state index is 3.47. The fourth-order valence-corrected chi connectivity index (χ4v) is 2.68. The molecule has 0 bridgehead atoms. The van der Waals surface area contributed by atoms with Gasteiger partial charge < -0.3 is 9.88 Å². The Morgan fingerprint density at radius 3 is 2.35 bits per heavy atom. The number of benzene rings is 2. The number of aryl methyl sites for hydroxylation is 1. The van der Waals surface area contributed by atoms with E-state index in [4.69, 9.17) is 0 Å². The lowest BCUT2D eigenvalue weighted by Crippen LogP contribution is -2.08. The maximum atomic E-state index is 3.47. The van der Waals surface area contributed by atoms with Gasteiger partial charge in [-0.1, -0.05) is 30.3 Å². The molecule has 20 heavy (non-hydrogen) atoms. The predicted octanol–water partition coefficient (Wildman–Crippen LogP) is 4.13. The number of hydrogen-bond donors (Lipinski definition) is 1. The molecular weight excluding hydrogens is 244 g/mol. The van der Waals surface area contributed by atoms with E-state index in [9.17, 15) is 0 Å². The van der Waals surface area contributed by atoms with Crippen molar-refractivity contribution in [3.8, 4) is 0 Å². The van der Waals surface area contributed by atoms with Crippen LogP contribution in [0.4, 0.5) is 5.69 Å². The molecule has 0 aliphatic carbocycles.